The van der Waals surface area contributed by atoms with Crippen LogP contribution in [-0.2, 0) is 18.3 Å². The fourth-order valence-corrected chi connectivity index (χ4v) is 7.03. The van der Waals surface area contributed by atoms with Crippen LogP contribution in [0.25, 0.3) is 11.2 Å². The molecule has 2 aromatic rings. The smallest absolute Gasteiger partial charge is 0.335 e. The topological polar surface area (TPSA) is 149 Å². The monoisotopic (exact) mass is 500 g/mol. The largest absolute Gasteiger partial charge is 0.394 e. The fraction of sp³-hybridized carbons (Fsp3) is 0.650. The highest BCUT2D eigenvalue weighted by Gasteiger charge is 2.44. The molecule has 182 valence electrons. The molecule has 33 heavy (non-hydrogen) atoms. The van der Waals surface area contributed by atoms with Gasteiger partial charge in [-0.3, -0.25) is 9.13 Å². The van der Waals surface area contributed by atoms with E-state index in [0.717, 1.165) is 10.5 Å². The summed E-state index contributed by atoms with van der Waals surface area (Å²) in [5, 5.41) is 30.4. The summed E-state index contributed by atoms with van der Waals surface area (Å²) in [6.07, 6.45) is -1.42. The van der Waals surface area contributed by atoms with Crippen molar-refractivity contribution in [2.45, 2.75) is 57.3 Å². The Bertz CT molecular complexity index is 1090. The van der Waals surface area contributed by atoms with Crippen LogP contribution in [0.1, 0.15) is 33.9 Å². The number of hydrogen-bond acceptors (Lipinski definition) is 11. The lowest BCUT2D eigenvalue weighted by molar-refractivity contribution is -0.0511. The third kappa shape index (κ3) is 5.03. The number of imidazole rings is 1. The molecule has 4 atom stereocenters. The zero-order chi connectivity index (χ0) is 24.0. The number of aliphatic hydroxyl groups excluding tert-OH is 3. The van der Waals surface area contributed by atoms with Crippen LogP contribution in [0.5, 0.6) is 0 Å². The van der Waals surface area contributed by atoms with Crippen LogP contribution in [0.2, 0.25) is 0 Å². The van der Waals surface area contributed by atoms with Crippen molar-refractivity contribution >= 4 is 30.5 Å². The van der Waals surface area contributed by atoms with Gasteiger partial charge < -0.3 is 29.1 Å². The number of aliphatic hydroxyl groups is 3. The number of fused-ring (bicyclic) bond motifs is 1. The summed E-state index contributed by atoms with van der Waals surface area (Å²) in [7, 11) is -3.29. The Balaban J connectivity index is 1.59. The molecule has 2 aliphatic rings. The lowest BCUT2D eigenvalue weighted by atomic mass is 9.97. The molecule has 0 amide bonds. The first-order valence-corrected chi connectivity index (χ1v) is 13.1. The molecule has 4 heterocycles. The molecule has 2 saturated heterocycles. The van der Waals surface area contributed by atoms with E-state index in [0.29, 0.717) is 29.4 Å². The van der Waals surface area contributed by atoms with E-state index in [2.05, 4.69) is 15.0 Å². The maximum atomic E-state index is 13.2. The van der Waals surface area contributed by atoms with Crippen LogP contribution in [0.15, 0.2) is 28.2 Å². The van der Waals surface area contributed by atoms with Gasteiger partial charge >= 0.3 is 7.60 Å². The first-order chi connectivity index (χ1) is 15.5. The minimum Gasteiger partial charge on any atom is -0.394 e. The highest BCUT2D eigenvalue weighted by atomic mass is 32.2. The van der Waals surface area contributed by atoms with Gasteiger partial charge in [-0.2, -0.15) is 0 Å². The average Bonchev–Trinajstić information content (AvgIpc) is 3.32. The van der Waals surface area contributed by atoms with Gasteiger partial charge in [0.1, 0.15) is 35.2 Å². The number of ether oxygens (including phenoxy) is 1. The normalized spacial score (nSPS) is 28.8. The molecule has 0 spiro atoms. The standard InChI is InChI=1S/C20H29N4O7PS/c1-11(2)13(6-32(28)29-7-20(3,4)8-30-32)33-18-14-17(21-9-22-18)24(10-23-14)19-16(27)15(26)12(5-25)31-19/h9-10,12,15-16,19,25-27H,5-8H2,1-4H3/t12-,15-,16-,19-/m1/s1. The minimum absolute atomic E-state index is 0.122. The summed E-state index contributed by atoms with van der Waals surface area (Å²) in [5.74, 6) is 0. The van der Waals surface area contributed by atoms with Gasteiger partial charge in [-0.05, 0) is 13.8 Å². The summed E-state index contributed by atoms with van der Waals surface area (Å²) in [6, 6.07) is 0. The van der Waals surface area contributed by atoms with Crippen molar-refractivity contribution < 1.29 is 33.7 Å². The van der Waals surface area contributed by atoms with Crippen molar-refractivity contribution in [2.75, 3.05) is 26.0 Å². The van der Waals surface area contributed by atoms with Gasteiger partial charge in [0.2, 0.25) is 0 Å². The molecule has 0 bridgehead atoms. The quantitative estimate of drug-likeness (QED) is 0.304. The van der Waals surface area contributed by atoms with E-state index in [1.165, 1.54) is 29.0 Å². The van der Waals surface area contributed by atoms with E-state index in [1.807, 2.05) is 27.7 Å². The van der Waals surface area contributed by atoms with Crippen molar-refractivity contribution in [1.82, 2.24) is 19.5 Å². The van der Waals surface area contributed by atoms with Crippen molar-refractivity contribution in [2.24, 2.45) is 5.41 Å². The van der Waals surface area contributed by atoms with Crippen LogP contribution in [0, 0.1) is 5.41 Å². The molecular weight excluding hydrogens is 471 g/mol. The molecule has 2 fully saturated rings. The van der Waals surface area contributed by atoms with E-state index in [1.54, 1.807) is 0 Å². The van der Waals surface area contributed by atoms with Gasteiger partial charge in [-0.1, -0.05) is 31.2 Å². The summed E-state index contributed by atoms with van der Waals surface area (Å²) in [6.45, 7) is 8.11. The first kappa shape index (κ1) is 24.7. The Hall–Kier alpha value is -1.37. The molecule has 3 N–H and O–H groups in total. The SMILES string of the molecule is CC(C)=C(CP1(=O)OCC(C)(C)CO1)Sc1ncnc2c1ncn2[C@@H]1O[C@H](CO)[C@@H](O)[C@H]1O. The highest BCUT2D eigenvalue weighted by molar-refractivity contribution is 8.03. The van der Waals surface area contributed by atoms with E-state index in [-0.39, 0.29) is 11.6 Å². The van der Waals surface area contributed by atoms with Crippen LogP contribution < -0.4 is 0 Å². The summed E-state index contributed by atoms with van der Waals surface area (Å²) in [4.78, 5) is 13.8. The molecule has 0 unspecified atom stereocenters. The zero-order valence-corrected chi connectivity index (χ0v) is 20.6. The van der Waals surface area contributed by atoms with Crippen LogP contribution in [-0.4, -0.2) is 79.1 Å². The highest BCUT2D eigenvalue weighted by Crippen LogP contribution is 2.56. The zero-order valence-electron chi connectivity index (χ0n) is 18.9. The Morgan fingerprint density at radius 3 is 2.52 bits per heavy atom. The predicted octanol–water partition coefficient (Wildman–Crippen LogP) is 2.09. The van der Waals surface area contributed by atoms with Crippen LogP contribution in [0.3, 0.4) is 0 Å². The van der Waals surface area contributed by atoms with Crippen molar-refractivity contribution in [3.05, 3.63) is 23.1 Å². The van der Waals surface area contributed by atoms with Gasteiger partial charge in [0.25, 0.3) is 0 Å². The Morgan fingerprint density at radius 1 is 1.21 bits per heavy atom. The van der Waals surface area contributed by atoms with Crippen LogP contribution in [0.4, 0.5) is 0 Å². The number of rotatable bonds is 6. The summed E-state index contributed by atoms with van der Waals surface area (Å²) >= 11 is 1.31. The summed E-state index contributed by atoms with van der Waals surface area (Å²) < 4.78 is 31.6. The molecule has 0 saturated carbocycles. The number of aromatic nitrogens is 4. The van der Waals surface area contributed by atoms with Gasteiger partial charge in [0.15, 0.2) is 11.9 Å². The molecule has 2 aliphatic heterocycles. The molecule has 13 heteroatoms. The van der Waals surface area contributed by atoms with Gasteiger partial charge in [-0.25, -0.2) is 15.0 Å². The maximum Gasteiger partial charge on any atom is 0.335 e. The van der Waals surface area contributed by atoms with Gasteiger partial charge in [0, 0.05) is 10.3 Å². The lowest BCUT2D eigenvalue weighted by Gasteiger charge is -2.34. The van der Waals surface area contributed by atoms with Gasteiger partial charge in [0.05, 0.1) is 32.3 Å². The second-order valence-corrected chi connectivity index (χ2v) is 12.4. The second kappa shape index (κ2) is 9.35. The van der Waals surface area contributed by atoms with E-state index in [4.69, 9.17) is 13.8 Å². The predicted molar refractivity (Wildman–Crippen MR) is 121 cm³/mol. The Labute approximate surface area is 195 Å². The van der Waals surface area contributed by atoms with Crippen molar-refractivity contribution in [1.29, 1.82) is 0 Å². The van der Waals surface area contributed by atoms with Crippen molar-refractivity contribution in [3.63, 3.8) is 0 Å². The van der Waals surface area contributed by atoms with E-state index in [9.17, 15) is 19.9 Å². The van der Waals surface area contributed by atoms with E-state index < -0.39 is 38.7 Å². The maximum absolute atomic E-state index is 13.2. The van der Waals surface area contributed by atoms with Crippen molar-refractivity contribution in [3.8, 4) is 0 Å². The minimum atomic E-state index is -3.29. The molecule has 4 rings (SSSR count). The first-order valence-electron chi connectivity index (χ1n) is 10.6. The fourth-order valence-electron chi connectivity index (χ4n) is 3.50. The average molecular weight is 501 g/mol. The van der Waals surface area contributed by atoms with Gasteiger partial charge in [-0.15, -0.1) is 0 Å². The number of hydrogen-bond donors (Lipinski definition) is 3. The Morgan fingerprint density at radius 2 is 1.91 bits per heavy atom. The summed E-state index contributed by atoms with van der Waals surface area (Å²) in [5.41, 5.74) is 1.62. The molecule has 0 radical (unpaired) electrons. The molecule has 2 aromatic heterocycles. The van der Waals surface area contributed by atoms with E-state index >= 15 is 0 Å². The van der Waals surface area contributed by atoms with Crippen LogP contribution >= 0.6 is 19.4 Å². The number of thioether (sulfide) groups is 1. The second-order valence-electron chi connectivity index (χ2n) is 9.24. The molecule has 0 aromatic carbocycles. The lowest BCUT2D eigenvalue weighted by Crippen LogP contribution is -2.33. The Kier molecular flexibility index (Phi) is 7.01. The molecular formula is C20H29N4O7PS. The molecule has 0 aliphatic carbocycles. The third-order valence-electron chi connectivity index (χ3n) is 5.54. The number of nitrogens with zero attached hydrogens (tertiary/aromatic N) is 4. The third-order valence-corrected chi connectivity index (χ3v) is 8.79. The molecule has 11 nitrogen and oxygen atoms in total. The number of allylic oxidation sites excluding steroid dienone is 2.